The third-order valence-electron chi connectivity index (χ3n) is 3.81. The molecule has 1 aromatic heterocycles. The monoisotopic (exact) mass is 339 g/mol. The van der Waals surface area contributed by atoms with Gasteiger partial charge in [0, 0.05) is 6.21 Å². The maximum absolute atomic E-state index is 12.2. The number of aromatic hydroxyl groups is 1. The lowest BCUT2D eigenvalue weighted by Gasteiger charge is -2.13. The Kier molecular flexibility index (Phi) is 4.31. The highest BCUT2D eigenvalue weighted by atomic mass is 32.1. The van der Waals surface area contributed by atoms with E-state index in [1.54, 1.807) is 18.4 Å². The molecule has 2 heterocycles. The zero-order valence-electron chi connectivity index (χ0n) is 13.4. The van der Waals surface area contributed by atoms with Crippen molar-refractivity contribution >= 4 is 24.5 Å². The van der Waals surface area contributed by atoms with Crippen LogP contribution in [-0.4, -0.2) is 20.9 Å². The number of aromatic nitrogens is 2. The minimum absolute atomic E-state index is 0.121. The number of nitrogens with one attached hydrogen (secondary N) is 1. The van der Waals surface area contributed by atoms with Crippen molar-refractivity contribution in [2.75, 3.05) is 0 Å². The van der Waals surface area contributed by atoms with Crippen molar-refractivity contribution in [3.8, 4) is 11.6 Å². The lowest BCUT2D eigenvalue weighted by Crippen LogP contribution is -2.16. The highest BCUT2D eigenvalue weighted by Crippen LogP contribution is 2.24. The molecule has 2 N–H and O–H groups in total. The Balaban J connectivity index is 2.16. The number of H-pyrrole nitrogens is 1. The zero-order chi connectivity index (χ0) is 17.3. The molecule has 0 aliphatic carbocycles. The summed E-state index contributed by atoms with van der Waals surface area (Å²) >= 11 is 5.22. The van der Waals surface area contributed by atoms with Crippen molar-refractivity contribution in [1.82, 2.24) is 9.55 Å². The van der Waals surface area contributed by atoms with Gasteiger partial charge in [0.15, 0.2) is 4.77 Å². The SMILES string of the molecule is CC(C)c1ccc(-n2c(O)c(/C=C3/C=CC=N3)c(=O)[nH]c2=S)cc1. The van der Waals surface area contributed by atoms with Gasteiger partial charge in [0.1, 0.15) is 5.56 Å². The van der Waals surface area contributed by atoms with Gasteiger partial charge in [0.25, 0.3) is 5.56 Å². The Labute approximate surface area is 144 Å². The number of allylic oxidation sites excluding steroid dienone is 2. The fourth-order valence-electron chi connectivity index (χ4n) is 2.46. The summed E-state index contributed by atoms with van der Waals surface area (Å²) in [6, 6.07) is 7.70. The predicted molar refractivity (Wildman–Crippen MR) is 98.6 cm³/mol. The molecule has 0 spiro atoms. The lowest BCUT2D eigenvalue weighted by atomic mass is 10.0. The summed E-state index contributed by atoms with van der Waals surface area (Å²) in [5.74, 6) is 0.201. The highest BCUT2D eigenvalue weighted by molar-refractivity contribution is 7.71. The summed E-state index contributed by atoms with van der Waals surface area (Å²) in [4.78, 5) is 18.9. The molecule has 1 aliphatic heterocycles. The third-order valence-corrected chi connectivity index (χ3v) is 4.09. The van der Waals surface area contributed by atoms with E-state index < -0.39 is 5.56 Å². The van der Waals surface area contributed by atoms with Gasteiger partial charge in [0.2, 0.25) is 5.88 Å². The van der Waals surface area contributed by atoms with Crippen molar-refractivity contribution in [1.29, 1.82) is 0 Å². The van der Waals surface area contributed by atoms with E-state index in [0.29, 0.717) is 17.3 Å². The Morgan fingerprint density at radius 3 is 2.58 bits per heavy atom. The van der Waals surface area contributed by atoms with E-state index >= 15 is 0 Å². The van der Waals surface area contributed by atoms with E-state index in [-0.39, 0.29) is 16.2 Å². The van der Waals surface area contributed by atoms with E-state index in [9.17, 15) is 9.90 Å². The molecule has 1 aliphatic rings. The Hall–Kier alpha value is -2.73. The molecule has 0 fully saturated rings. The summed E-state index contributed by atoms with van der Waals surface area (Å²) in [5.41, 5.74) is 2.13. The van der Waals surface area contributed by atoms with Crippen LogP contribution < -0.4 is 5.56 Å². The van der Waals surface area contributed by atoms with Crippen molar-refractivity contribution < 1.29 is 5.11 Å². The second-order valence-corrected chi connectivity index (χ2v) is 6.17. The standard InChI is InChI=1S/C18H17N3O2S/c1-11(2)12-5-7-14(8-6-12)21-17(23)15(16(22)20-18(21)24)10-13-4-3-9-19-13/h3-11,23H,1-2H3,(H,20,22,24)/b13-10-. The summed E-state index contributed by atoms with van der Waals surface area (Å²) < 4.78 is 1.58. The number of nitrogens with zero attached hydrogens (tertiary/aromatic N) is 2. The fourth-order valence-corrected chi connectivity index (χ4v) is 2.75. The molecule has 0 radical (unpaired) electrons. The van der Waals surface area contributed by atoms with Gasteiger partial charge in [-0.05, 0) is 54.1 Å². The molecule has 0 unspecified atom stereocenters. The van der Waals surface area contributed by atoms with Gasteiger partial charge < -0.3 is 5.11 Å². The molecular weight excluding hydrogens is 322 g/mol. The van der Waals surface area contributed by atoms with E-state index in [1.165, 1.54) is 16.2 Å². The largest absolute Gasteiger partial charge is 0.494 e. The first-order valence-corrected chi connectivity index (χ1v) is 7.99. The molecule has 2 aromatic rings. The summed E-state index contributed by atoms with van der Waals surface area (Å²) in [6.07, 6.45) is 6.67. The minimum Gasteiger partial charge on any atom is -0.494 e. The van der Waals surface area contributed by atoms with Crippen molar-refractivity contribution in [2.45, 2.75) is 19.8 Å². The number of rotatable bonds is 3. The van der Waals surface area contributed by atoms with Crippen LogP contribution >= 0.6 is 12.2 Å². The van der Waals surface area contributed by atoms with Gasteiger partial charge in [-0.1, -0.05) is 26.0 Å². The lowest BCUT2D eigenvalue weighted by molar-refractivity contribution is 0.432. The normalized spacial score (nSPS) is 14.9. The van der Waals surface area contributed by atoms with Crippen LogP contribution in [0.5, 0.6) is 5.88 Å². The van der Waals surface area contributed by atoms with Gasteiger partial charge in [0.05, 0.1) is 11.4 Å². The fraction of sp³-hybridized carbons (Fsp3) is 0.167. The van der Waals surface area contributed by atoms with Crippen LogP contribution in [0.15, 0.2) is 51.9 Å². The predicted octanol–water partition coefficient (Wildman–Crippen LogP) is 3.71. The molecule has 0 atom stereocenters. The van der Waals surface area contributed by atoms with Gasteiger partial charge in [-0.15, -0.1) is 0 Å². The first-order valence-electron chi connectivity index (χ1n) is 7.58. The van der Waals surface area contributed by atoms with Crippen LogP contribution in [0.2, 0.25) is 0 Å². The van der Waals surface area contributed by atoms with E-state index in [1.807, 2.05) is 24.3 Å². The van der Waals surface area contributed by atoms with Crippen molar-refractivity contribution in [3.63, 3.8) is 0 Å². The first kappa shape index (κ1) is 16.1. The minimum atomic E-state index is -0.449. The van der Waals surface area contributed by atoms with Gasteiger partial charge >= 0.3 is 0 Å². The first-order chi connectivity index (χ1) is 11.5. The van der Waals surface area contributed by atoms with Crippen LogP contribution in [0.4, 0.5) is 0 Å². The van der Waals surface area contributed by atoms with E-state index in [4.69, 9.17) is 12.2 Å². The van der Waals surface area contributed by atoms with Crippen LogP contribution in [0.25, 0.3) is 11.8 Å². The van der Waals surface area contributed by atoms with Crippen LogP contribution in [0.1, 0.15) is 30.9 Å². The number of benzene rings is 1. The molecule has 0 saturated carbocycles. The number of hydrogen-bond donors (Lipinski definition) is 2. The second-order valence-electron chi connectivity index (χ2n) is 5.78. The number of hydrogen-bond acceptors (Lipinski definition) is 4. The summed E-state index contributed by atoms with van der Waals surface area (Å²) in [6.45, 7) is 4.22. The number of aromatic amines is 1. The van der Waals surface area contributed by atoms with Crippen LogP contribution in [-0.2, 0) is 0 Å². The summed E-state index contributed by atoms with van der Waals surface area (Å²) in [5, 5.41) is 10.6. The molecule has 6 heteroatoms. The maximum atomic E-state index is 12.2. The average molecular weight is 339 g/mol. The molecular formula is C18H17N3O2S. The highest BCUT2D eigenvalue weighted by Gasteiger charge is 2.13. The smallest absolute Gasteiger partial charge is 0.262 e. The molecule has 1 aromatic carbocycles. The van der Waals surface area contributed by atoms with E-state index in [2.05, 4.69) is 23.8 Å². The molecule has 122 valence electrons. The molecule has 5 nitrogen and oxygen atoms in total. The molecule has 0 amide bonds. The number of aliphatic imine (C=N–C) groups is 1. The molecule has 0 bridgehead atoms. The van der Waals surface area contributed by atoms with Crippen LogP contribution in [0, 0.1) is 4.77 Å². The molecule has 24 heavy (non-hydrogen) atoms. The average Bonchev–Trinajstić information content (AvgIpc) is 3.05. The third kappa shape index (κ3) is 3.00. The molecule has 0 saturated heterocycles. The second kappa shape index (κ2) is 6.41. The van der Waals surface area contributed by atoms with Gasteiger partial charge in [-0.2, -0.15) is 0 Å². The topological polar surface area (TPSA) is 70.4 Å². The van der Waals surface area contributed by atoms with Gasteiger partial charge in [-0.3, -0.25) is 19.3 Å². The Morgan fingerprint density at radius 1 is 1.29 bits per heavy atom. The van der Waals surface area contributed by atoms with Crippen LogP contribution in [0.3, 0.4) is 0 Å². The Morgan fingerprint density at radius 2 is 2.00 bits per heavy atom. The zero-order valence-corrected chi connectivity index (χ0v) is 14.2. The quantitative estimate of drug-likeness (QED) is 0.838. The van der Waals surface area contributed by atoms with E-state index in [0.717, 1.165) is 0 Å². The summed E-state index contributed by atoms with van der Waals surface area (Å²) in [7, 11) is 0. The van der Waals surface area contributed by atoms with Gasteiger partial charge in [-0.25, -0.2) is 0 Å². The van der Waals surface area contributed by atoms with Crippen molar-refractivity contribution in [2.24, 2.45) is 4.99 Å². The Bertz CT molecular complexity index is 963. The molecule has 3 rings (SSSR count). The maximum Gasteiger partial charge on any atom is 0.262 e. The van der Waals surface area contributed by atoms with Crippen molar-refractivity contribution in [3.05, 3.63) is 68.4 Å².